The van der Waals surface area contributed by atoms with Crippen molar-refractivity contribution in [1.82, 2.24) is 0 Å². The van der Waals surface area contributed by atoms with Crippen LogP contribution in [0.3, 0.4) is 0 Å². The topological polar surface area (TPSA) is 120 Å². The fourth-order valence-electron chi connectivity index (χ4n) is 0.711. The molecule has 0 fully saturated rings. The number of hydrogen-bond acceptors (Lipinski definition) is 5. The SMILES string of the molecule is O=C(O)C1(C(=O)O)N=NC=C1O. The van der Waals surface area contributed by atoms with Gasteiger partial charge in [-0.05, 0) is 0 Å². The molecule has 1 aliphatic rings. The van der Waals surface area contributed by atoms with E-state index in [1.165, 1.54) is 0 Å². The van der Waals surface area contributed by atoms with Crippen molar-refractivity contribution in [2.24, 2.45) is 10.2 Å². The second kappa shape index (κ2) is 2.29. The normalized spacial score (nSPS) is 18.8. The monoisotopic (exact) mass is 172 g/mol. The lowest BCUT2D eigenvalue weighted by atomic mass is 10.0. The summed E-state index contributed by atoms with van der Waals surface area (Å²) in [4.78, 5) is 20.9. The van der Waals surface area contributed by atoms with E-state index in [1.807, 2.05) is 0 Å². The number of nitrogens with zero attached hydrogens (tertiary/aromatic N) is 2. The van der Waals surface area contributed by atoms with Gasteiger partial charge in [0.25, 0.3) is 0 Å². The number of carbonyl (C=O) groups is 2. The van der Waals surface area contributed by atoms with Crippen LogP contribution in [0.4, 0.5) is 0 Å². The molecule has 1 aliphatic heterocycles. The molecule has 0 radical (unpaired) electrons. The lowest BCUT2D eigenvalue weighted by molar-refractivity contribution is -0.155. The highest BCUT2D eigenvalue weighted by molar-refractivity contribution is 6.07. The van der Waals surface area contributed by atoms with Crippen molar-refractivity contribution in [3.8, 4) is 0 Å². The minimum absolute atomic E-state index is 0.683. The standard InChI is InChI=1S/C5H4N2O5/c8-2-1-6-7-5(2,3(9)10)4(11)12/h1,8H,(H,9,10)(H,11,12). The molecule has 0 bridgehead atoms. The third-order valence-corrected chi connectivity index (χ3v) is 1.38. The Morgan fingerprint density at radius 2 is 1.83 bits per heavy atom. The van der Waals surface area contributed by atoms with Crippen LogP contribution in [0.5, 0.6) is 0 Å². The third kappa shape index (κ3) is 0.760. The van der Waals surface area contributed by atoms with Crippen molar-refractivity contribution >= 4 is 11.9 Å². The molecule has 0 saturated carbocycles. The first-order chi connectivity index (χ1) is 5.51. The van der Waals surface area contributed by atoms with E-state index in [1.54, 1.807) is 0 Å². The Labute approximate surface area is 65.7 Å². The molecule has 12 heavy (non-hydrogen) atoms. The summed E-state index contributed by atoms with van der Waals surface area (Å²) >= 11 is 0. The maximum atomic E-state index is 10.4. The van der Waals surface area contributed by atoms with Crippen LogP contribution in [0, 0.1) is 0 Å². The first-order valence-corrected chi connectivity index (χ1v) is 2.80. The molecule has 0 saturated heterocycles. The maximum Gasteiger partial charge on any atom is 0.353 e. The predicted molar refractivity (Wildman–Crippen MR) is 33.6 cm³/mol. The summed E-state index contributed by atoms with van der Waals surface area (Å²) in [5.74, 6) is -4.45. The summed E-state index contributed by atoms with van der Waals surface area (Å²) in [5, 5.41) is 31.8. The molecule has 3 N–H and O–H groups in total. The number of carboxylic acid groups (broad SMARTS) is 2. The van der Waals surface area contributed by atoms with E-state index in [9.17, 15) is 9.59 Å². The smallest absolute Gasteiger partial charge is 0.353 e. The summed E-state index contributed by atoms with van der Waals surface area (Å²) in [6, 6.07) is 0. The minimum atomic E-state index is -2.64. The molecule has 0 aromatic carbocycles. The molecule has 0 unspecified atom stereocenters. The number of carboxylic acids is 2. The zero-order valence-electron chi connectivity index (χ0n) is 5.63. The van der Waals surface area contributed by atoms with Gasteiger partial charge in [-0.25, -0.2) is 9.59 Å². The molecular weight excluding hydrogens is 168 g/mol. The van der Waals surface area contributed by atoms with Gasteiger partial charge in [-0.3, -0.25) is 0 Å². The average molecular weight is 172 g/mol. The first kappa shape index (κ1) is 8.18. The van der Waals surface area contributed by atoms with Crippen LogP contribution in [-0.2, 0) is 9.59 Å². The van der Waals surface area contributed by atoms with Crippen molar-refractivity contribution in [3.63, 3.8) is 0 Å². The van der Waals surface area contributed by atoms with Crippen molar-refractivity contribution in [3.05, 3.63) is 12.0 Å². The van der Waals surface area contributed by atoms with Gasteiger partial charge in [0.15, 0.2) is 5.76 Å². The van der Waals surface area contributed by atoms with Crippen molar-refractivity contribution in [2.45, 2.75) is 5.54 Å². The number of hydrogen-bond donors (Lipinski definition) is 3. The Hall–Kier alpha value is -1.92. The van der Waals surface area contributed by atoms with E-state index in [0.717, 1.165) is 0 Å². The average Bonchev–Trinajstić information content (AvgIpc) is 2.31. The highest BCUT2D eigenvalue weighted by Crippen LogP contribution is 2.26. The Morgan fingerprint density at radius 1 is 1.33 bits per heavy atom. The summed E-state index contributed by atoms with van der Waals surface area (Å²) in [6.07, 6.45) is 0.683. The number of aliphatic hydroxyl groups is 1. The zero-order valence-corrected chi connectivity index (χ0v) is 5.63. The zero-order chi connectivity index (χ0) is 9.35. The Morgan fingerprint density at radius 3 is 2.00 bits per heavy atom. The molecule has 0 atom stereocenters. The summed E-state index contributed by atoms with van der Waals surface area (Å²) in [7, 11) is 0. The molecule has 0 aromatic heterocycles. The molecule has 7 heteroatoms. The second-order valence-electron chi connectivity index (χ2n) is 2.05. The van der Waals surface area contributed by atoms with Crippen molar-refractivity contribution in [2.75, 3.05) is 0 Å². The Balaban J connectivity index is 3.22. The maximum absolute atomic E-state index is 10.4. The molecule has 1 heterocycles. The van der Waals surface area contributed by atoms with E-state index in [-0.39, 0.29) is 0 Å². The lowest BCUT2D eigenvalue weighted by Gasteiger charge is -2.13. The van der Waals surface area contributed by atoms with Gasteiger partial charge in [-0.15, -0.1) is 5.11 Å². The van der Waals surface area contributed by atoms with Gasteiger partial charge >= 0.3 is 17.5 Å². The van der Waals surface area contributed by atoms with Crippen LogP contribution in [0.2, 0.25) is 0 Å². The van der Waals surface area contributed by atoms with Gasteiger partial charge in [0.05, 0.1) is 6.20 Å². The fourth-order valence-corrected chi connectivity index (χ4v) is 0.711. The van der Waals surface area contributed by atoms with Crippen molar-refractivity contribution in [1.29, 1.82) is 0 Å². The van der Waals surface area contributed by atoms with Crippen LogP contribution >= 0.6 is 0 Å². The molecule has 1 rings (SSSR count). The van der Waals surface area contributed by atoms with E-state index >= 15 is 0 Å². The van der Waals surface area contributed by atoms with E-state index in [0.29, 0.717) is 6.20 Å². The molecule has 64 valence electrons. The van der Waals surface area contributed by atoms with Gasteiger partial charge in [0, 0.05) is 0 Å². The van der Waals surface area contributed by atoms with Crippen molar-refractivity contribution < 1.29 is 24.9 Å². The van der Waals surface area contributed by atoms with E-state index in [2.05, 4.69) is 10.2 Å². The van der Waals surface area contributed by atoms with E-state index < -0.39 is 23.2 Å². The van der Waals surface area contributed by atoms with Gasteiger partial charge in [-0.2, -0.15) is 5.11 Å². The third-order valence-electron chi connectivity index (χ3n) is 1.38. The van der Waals surface area contributed by atoms with Crippen LogP contribution in [0.25, 0.3) is 0 Å². The lowest BCUT2D eigenvalue weighted by Crippen LogP contribution is -2.45. The Bertz CT molecular complexity index is 291. The highest BCUT2D eigenvalue weighted by atomic mass is 16.4. The van der Waals surface area contributed by atoms with E-state index in [4.69, 9.17) is 15.3 Å². The Kier molecular flexibility index (Phi) is 1.56. The van der Waals surface area contributed by atoms with Gasteiger partial charge < -0.3 is 15.3 Å². The molecule has 0 aliphatic carbocycles. The summed E-state index contributed by atoms with van der Waals surface area (Å²) in [6.45, 7) is 0. The first-order valence-electron chi connectivity index (χ1n) is 2.80. The molecular formula is C5H4N2O5. The highest BCUT2D eigenvalue weighted by Gasteiger charge is 2.54. The van der Waals surface area contributed by atoms with Gasteiger partial charge in [0.2, 0.25) is 0 Å². The van der Waals surface area contributed by atoms with Crippen LogP contribution in [0.15, 0.2) is 22.2 Å². The van der Waals surface area contributed by atoms with Gasteiger partial charge in [-0.1, -0.05) is 0 Å². The van der Waals surface area contributed by atoms with Crippen LogP contribution < -0.4 is 0 Å². The number of azo groups is 1. The molecule has 0 spiro atoms. The molecule has 0 aromatic rings. The number of aliphatic carboxylic acids is 2. The molecule has 0 amide bonds. The fraction of sp³-hybridized carbons (Fsp3) is 0.200. The predicted octanol–water partition coefficient (Wildman–Crippen LogP) is -0.240. The second-order valence-corrected chi connectivity index (χ2v) is 2.05. The largest absolute Gasteiger partial charge is 0.507 e. The minimum Gasteiger partial charge on any atom is -0.507 e. The number of rotatable bonds is 2. The van der Waals surface area contributed by atoms with Crippen LogP contribution in [-0.4, -0.2) is 32.8 Å². The molecule has 7 nitrogen and oxygen atoms in total. The quantitative estimate of drug-likeness (QED) is 0.496. The van der Waals surface area contributed by atoms with Gasteiger partial charge in [0.1, 0.15) is 0 Å². The van der Waals surface area contributed by atoms with Crippen LogP contribution in [0.1, 0.15) is 0 Å². The summed E-state index contributed by atoms with van der Waals surface area (Å²) < 4.78 is 0. The number of aliphatic hydroxyl groups excluding tert-OH is 1. The summed E-state index contributed by atoms with van der Waals surface area (Å²) in [5.41, 5.74) is -2.64.